The van der Waals surface area contributed by atoms with Crippen molar-refractivity contribution in [3.05, 3.63) is 11.8 Å². The predicted octanol–water partition coefficient (Wildman–Crippen LogP) is 1.47. The summed E-state index contributed by atoms with van der Waals surface area (Å²) in [4.78, 5) is -0.485. The molecule has 0 bridgehead atoms. The standard InChI is InChI=1S/C3H3Cl2Si/c1-2(6)3(4)5/h3H,1H2. The van der Waals surface area contributed by atoms with Gasteiger partial charge in [0.15, 0.2) is 0 Å². The van der Waals surface area contributed by atoms with Crippen LogP contribution in [0, 0.1) is 0 Å². The first-order valence-corrected chi connectivity index (χ1v) is 2.70. The smallest absolute Gasteiger partial charge is 0.102 e. The fourth-order valence-electron chi connectivity index (χ4n) is 0. The second-order valence-corrected chi connectivity index (χ2v) is 2.56. The topological polar surface area (TPSA) is 0 Å². The van der Waals surface area contributed by atoms with E-state index in [4.69, 9.17) is 23.2 Å². The minimum absolute atomic E-state index is 0.485. The Bertz CT molecular complexity index is 59.8. The summed E-state index contributed by atoms with van der Waals surface area (Å²) in [5.41, 5.74) is 0. The van der Waals surface area contributed by atoms with Gasteiger partial charge >= 0.3 is 0 Å². The lowest BCUT2D eigenvalue weighted by Gasteiger charge is -1.91. The lowest BCUT2D eigenvalue weighted by atomic mass is 10.7. The Morgan fingerprint density at radius 2 is 1.83 bits per heavy atom. The molecule has 0 saturated carbocycles. The van der Waals surface area contributed by atoms with E-state index in [1.165, 1.54) is 0 Å². The Morgan fingerprint density at radius 3 is 1.83 bits per heavy atom. The maximum absolute atomic E-state index is 5.23. The molecule has 0 spiro atoms. The Morgan fingerprint density at radius 1 is 1.67 bits per heavy atom. The number of halogens is 2. The molecule has 0 fully saturated rings. The van der Waals surface area contributed by atoms with Crippen molar-refractivity contribution in [2.45, 2.75) is 4.84 Å². The second-order valence-electron chi connectivity index (χ2n) is 0.826. The van der Waals surface area contributed by atoms with Gasteiger partial charge in [-0.3, -0.25) is 0 Å². The van der Waals surface area contributed by atoms with E-state index in [0.717, 1.165) is 0 Å². The van der Waals surface area contributed by atoms with Gasteiger partial charge in [-0.1, -0.05) is 5.20 Å². The Hall–Kier alpha value is 0.537. The van der Waals surface area contributed by atoms with Crippen LogP contribution in [0.4, 0.5) is 0 Å². The van der Waals surface area contributed by atoms with Crippen molar-refractivity contribution in [2.24, 2.45) is 0 Å². The van der Waals surface area contributed by atoms with Crippen LogP contribution in [-0.2, 0) is 0 Å². The van der Waals surface area contributed by atoms with Crippen LogP contribution in [0.2, 0.25) is 0 Å². The minimum atomic E-state index is -0.485. The van der Waals surface area contributed by atoms with Gasteiger partial charge < -0.3 is 0 Å². The molecule has 0 nitrogen and oxygen atoms in total. The van der Waals surface area contributed by atoms with E-state index >= 15 is 0 Å². The van der Waals surface area contributed by atoms with Gasteiger partial charge in [0.25, 0.3) is 0 Å². The number of hydrogen-bond acceptors (Lipinski definition) is 0. The predicted molar refractivity (Wildman–Crippen MR) is 30.4 cm³/mol. The first-order chi connectivity index (χ1) is 2.64. The summed E-state index contributed by atoms with van der Waals surface area (Å²) in [6.07, 6.45) is 0. The molecule has 0 aliphatic heterocycles. The van der Waals surface area contributed by atoms with Crippen molar-refractivity contribution < 1.29 is 0 Å². The van der Waals surface area contributed by atoms with Crippen molar-refractivity contribution in [2.75, 3.05) is 0 Å². The summed E-state index contributed by atoms with van der Waals surface area (Å²) in [6.45, 7) is 3.40. The maximum Gasteiger partial charge on any atom is 0.124 e. The average molecular weight is 138 g/mol. The van der Waals surface area contributed by atoms with Gasteiger partial charge in [0.2, 0.25) is 0 Å². The molecule has 0 rings (SSSR count). The fraction of sp³-hybridized carbons (Fsp3) is 0.333. The third kappa shape index (κ3) is 2.76. The van der Waals surface area contributed by atoms with E-state index < -0.39 is 4.84 Å². The lowest BCUT2D eigenvalue weighted by Crippen LogP contribution is -1.88. The van der Waals surface area contributed by atoms with Crippen LogP contribution in [0.3, 0.4) is 0 Å². The summed E-state index contributed by atoms with van der Waals surface area (Å²) in [6, 6.07) is 0. The normalized spacial score (nSPS) is 9.33. The molecule has 0 aliphatic carbocycles. The third-order valence-corrected chi connectivity index (χ3v) is 1.44. The first kappa shape index (κ1) is 6.54. The minimum Gasteiger partial charge on any atom is -0.102 e. The molecule has 0 saturated heterocycles. The highest BCUT2D eigenvalue weighted by Gasteiger charge is 1.93. The Labute approximate surface area is 50.6 Å². The second kappa shape index (κ2) is 2.67. The van der Waals surface area contributed by atoms with Crippen LogP contribution in [0.1, 0.15) is 0 Å². The first-order valence-electron chi connectivity index (χ1n) is 1.33. The summed E-state index contributed by atoms with van der Waals surface area (Å²) < 4.78 is 0. The fourth-order valence-corrected chi connectivity index (χ4v) is 0. The van der Waals surface area contributed by atoms with E-state index in [9.17, 15) is 0 Å². The molecule has 0 aromatic heterocycles. The number of alkyl halides is 2. The zero-order chi connectivity index (χ0) is 5.15. The van der Waals surface area contributed by atoms with Crippen LogP contribution in [0.25, 0.3) is 0 Å². The van der Waals surface area contributed by atoms with E-state index in [-0.39, 0.29) is 0 Å². The molecule has 3 heteroatoms. The summed E-state index contributed by atoms with van der Waals surface area (Å²) in [5, 5.41) is 0.596. The van der Waals surface area contributed by atoms with Gasteiger partial charge in [0.1, 0.15) is 4.84 Å². The average Bonchev–Trinajstić information content (AvgIpc) is 1.36. The zero-order valence-electron chi connectivity index (χ0n) is 3.04. The van der Waals surface area contributed by atoms with Gasteiger partial charge in [0, 0.05) is 0 Å². The summed E-state index contributed by atoms with van der Waals surface area (Å²) in [5.74, 6) is 0. The lowest BCUT2D eigenvalue weighted by molar-refractivity contribution is 1.57. The molecule has 3 radical (unpaired) electrons. The molecule has 0 aromatic rings. The SMILES string of the molecule is C=C([Si])C(Cl)Cl. The van der Waals surface area contributed by atoms with E-state index in [1.54, 1.807) is 0 Å². The third-order valence-electron chi connectivity index (χ3n) is 0.263. The molecule has 33 valence electrons. The molecular formula is C3H3Cl2Si. The van der Waals surface area contributed by atoms with Gasteiger partial charge in [-0.2, -0.15) is 0 Å². The molecule has 0 atom stereocenters. The van der Waals surface area contributed by atoms with Crippen LogP contribution in [0.15, 0.2) is 11.8 Å². The highest BCUT2D eigenvalue weighted by Crippen LogP contribution is 2.06. The number of allylic oxidation sites excluding steroid dienone is 1. The van der Waals surface area contributed by atoms with Gasteiger partial charge in [-0.05, 0) is 0 Å². The molecule has 0 aromatic carbocycles. The van der Waals surface area contributed by atoms with Crippen molar-refractivity contribution >= 4 is 33.4 Å². The molecule has 0 aliphatic rings. The molecule has 6 heavy (non-hydrogen) atoms. The molecule has 0 unspecified atom stereocenters. The van der Waals surface area contributed by atoms with Gasteiger partial charge in [-0.25, -0.2) is 0 Å². The molecular weight excluding hydrogens is 135 g/mol. The summed E-state index contributed by atoms with van der Waals surface area (Å²) in [7, 11) is 3.02. The molecule has 0 heterocycles. The van der Waals surface area contributed by atoms with Crippen molar-refractivity contribution in [3.8, 4) is 0 Å². The monoisotopic (exact) mass is 137 g/mol. The van der Waals surface area contributed by atoms with Gasteiger partial charge in [-0.15, -0.1) is 29.8 Å². The number of rotatable bonds is 1. The summed E-state index contributed by atoms with van der Waals surface area (Å²) >= 11 is 10.5. The van der Waals surface area contributed by atoms with E-state index in [0.29, 0.717) is 5.20 Å². The zero-order valence-corrected chi connectivity index (χ0v) is 5.55. The Balaban J connectivity index is 3.26. The molecule has 0 N–H and O–H groups in total. The van der Waals surface area contributed by atoms with Crippen molar-refractivity contribution in [1.29, 1.82) is 0 Å². The number of hydrogen-bond donors (Lipinski definition) is 0. The molecule has 0 amide bonds. The highest BCUT2D eigenvalue weighted by molar-refractivity contribution is 6.50. The largest absolute Gasteiger partial charge is 0.124 e. The van der Waals surface area contributed by atoms with E-state index in [1.807, 2.05) is 0 Å². The van der Waals surface area contributed by atoms with Crippen LogP contribution in [-0.4, -0.2) is 15.1 Å². The van der Waals surface area contributed by atoms with Crippen LogP contribution in [0.5, 0.6) is 0 Å². The Kier molecular flexibility index (Phi) is 2.91. The van der Waals surface area contributed by atoms with Crippen molar-refractivity contribution in [3.63, 3.8) is 0 Å². The van der Waals surface area contributed by atoms with E-state index in [2.05, 4.69) is 16.8 Å². The van der Waals surface area contributed by atoms with Crippen molar-refractivity contribution in [1.82, 2.24) is 0 Å². The quantitative estimate of drug-likeness (QED) is 0.380. The van der Waals surface area contributed by atoms with Crippen LogP contribution < -0.4 is 0 Å². The van der Waals surface area contributed by atoms with Crippen LogP contribution >= 0.6 is 23.2 Å². The maximum atomic E-state index is 5.23. The highest BCUT2D eigenvalue weighted by atomic mass is 35.5. The van der Waals surface area contributed by atoms with Gasteiger partial charge in [0.05, 0.1) is 10.2 Å².